The molecule has 1 saturated heterocycles. The Bertz CT molecular complexity index is 894. The standard InChI is InChI=1S/C22H25FN4O3/c23-18-7-2-1-6-17(18)22(8-3-4-9-22)20(29)30-16-19(28)26-12-14-27(15-13-26)21-24-10-5-11-25-21/h1-2,5-7,10-11H,3-4,8-9,12-16H2. The quantitative estimate of drug-likeness (QED) is 0.702. The van der Waals surface area contributed by atoms with Crippen molar-refractivity contribution < 1.29 is 18.7 Å². The minimum absolute atomic E-state index is 0.237. The molecule has 158 valence electrons. The molecule has 1 aliphatic carbocycles. The Labute approximate surface area is 174 Å². The highest BCUT2D eigenvalue weighted by molar-refractivity contribution is 5.87. The van der Waals surface area contributed by atoms with E-state index in [1.165, 1.54) is 6.07 Å². The van der Waals surface area contributed by atoms with Crippen molar-refractivity contribution in [2.75, 3.05) is 37.7 Å². The number of piperazine rings is 1. The summed E-state index contributed by atoms with van der Waals surface area (Å²) in [6.45, 7) is 1.92. The second-order valence-corrected chi connectivity index (χ2v) is 7.76. The van der Waals surface area contributed by atoms with E-state index in [2.05, 4.69) is 9.97 Å². The van der Waals surface area contributed by atoms with Crippen LogP contribution in [-0.2, 0) is 19.7 Å². The van der Waals surface area contributed by atoms with E-state index < -0.39 is 17.2 Å². The fourth-order valence-electron chi connectivity index (χ4n) is 4.38. The maximum Gasteiger partial charge on any atom is 0.317 e. The highest BCUT2D eigenvalue weighted by Crippen LogP contribution is 2.43. The Balaban J connectivity index is 1.34. The van der Waals surface area contributed by atoms with Gasteiger partial charge in [0.15, 0.2) is 6.61 Å². The number of amides is 1. The number of rotatable bonds is 5. The highest BCUT2D eigenvalue weighted by Gasteiger charge is 2.46. The van der Waals surface area contributed by atoms with Crippen LogP contribution in [0.5, 0.6) is 0 Å². The molecular formula is C22H25FN4O3. The Hall–Kier alpha value is -3.03. The molecule has 1 saturated carbocycles. The van der Waals surface area contributed by atoms with E-state index in [0.29, 0.717) is 50.5 Å². The lowest BCUT2D eigenvalue weighted by Gasteiger charge is -2.35. The van der Waals surface area contributed by atoms with Crippen molar-refractivity contribution in [3.63, 3.8) is 0 Å². The smallest absolute Gasteiger partial charge is 0.317 e. The zero-order valence-electron chi connectivity index (χ0n) is 16.8. The van der Waals surface area contributed by atoms with Gasteiger partial charge in [0.1, 0.15) is 5.82 Å². The van der Waals surface area contributed by atoms with Gasteiger partial charge in [0.05, 0.1) is 5.41 Å². The molecule has 7 nitrogen and oxygen atoms in total. The number of benzene rings is 1. The zero-order chi connectivity index (χ0) is 21.0. The van der Waals surface area contributed by atoms with Crippen molar-refractivity contribution in [1.29, 1.82) is 0 Å². The lowest BCUT2D eigenvalue weighted by Crippen LogP contribution is -2.50. The van der Waals surface area contributed by atoms with Gasteiger partial charge in [0.2, 0.25) is 5.95 Å². The average molecular weight is 412 g/mol. The minimum atomic E-state index is -0.991. The monoisotopic (exact) mass is 412 g/mol. The SMILES string of the molecule is O=C(COC(=O)C1(c2ccccc2F)CCCC1)N1CCN(c2ncccn2)CC1. The van der Waals surface area contributed by atoms with E-state index in [4.69, 9.17) is 4.74 Å². The van der Waals surface area contributed by atoms with Crippen LogP contribution < -0.4 is 4.90 Å². The van der Waals surface area contributed by atoms with Crippen molar-refractivity contribution in [3.8, 4) is 0 Å². The number of hydrogen-bond donors (Lipinski definition) is 0. The third kappa shape index (κ3) is 3.99. The van der Waals surface area contributed by atoms with E-state index in [1.54, 1.807) is 41.6 Å². The zero-order valence-corrected chi connectivity index (χ0v) is 16.8. The molecule has 0 N–H and O–H groups in total. The number of anilines is 1. The number of carbonyl (C=O) groups excluding carboxylic acids is 2. The molecule has 1 aromatic heterocycles. The summed E-state index contributed by atoms with van der Waals surface area (Å²) in [6.07, 6.45) is 6.12. The molecule has 2 aromatic rings. The molecule has 1 aromatic carbocycles. The summed E-state index contributed by atoms with van der Waals surface area (Å²) in [5.41, 5.74) is -0.619. The van der Waals surface area contributed by atoms with Gasteiger partial charge in [-0.1, -0.05) is 31.0 Å². The van der Waals surface area contributed by atoms with Gasteiger partial charge in [-0.3, -0.25) is 9.59 Å². The van der Waals surface area contributed by atoms with Gasteiger partial charge in [0, 0.05) is 44.1 Å². The Morgan fingerprint density at radius 1 is 1.00 bits per heavy atom. The molecule has 1 amide bonds. The normalized spacial score (nSPS) is 18.3. The van der Waals surface area contributed by atoms with Crippen LogP contribution in [0.3, 0.4) is 0 Å². The third-order valence-corrected chi connectivity index (χ3v) is 6.03. The van der Waals surface area contributed by atoms with E-state index in [1.807, 2.05) is 4.90 Å². The Morgan fingerprint density at radius 2 is 1.67 bits per heavy atom. The summed E-state index contributed by atoms with van der Waals surface area (Å²) in [4.78, 5) is 37.7. The van der Waals surface area contributed by atoms with Crippen molar-refractivity contribution in [2.24, 2.45) is 0 Å². The van der Waals surface area contributed by atoms with Crippen LogP contribution in [0.15, 0.2) is 42.7 Å². The Morgan fingerprint density at radius 3 is 2.33 bits per heavy atom. The molecule has 0 spiro atoms. The van der Waals surface area contributed by atoms with Gasteiger partial charge < -0.3 is 14.5 Å². The summed E-state index contributed by atoms with van der Waals surface area (Å²) < 4.78 is 19.8. The number of esters is 1. The number of nitrogens with zero attached hydrogens (tertiary/aromatic N) is 4. The predicted molar refractivity (Wildman–Crippen MR) is 108 cm³/mol. The van der Waals surface area contributed by atoms with Gasteiger partial charge >= 0.3 is 5.97 Å². The number of halogens is 1. The summed E-state index contributed by atoms with van der Waals surface area (Å²) in [5.74, 6) is -0.501. The molecule has 2 heterocycles. The number of ether oxygens (including phenoxy) is 1. The van der Waals surface area contributed by atoms with Crippen LogP contribution in [0, 0.1) is 5.82 Å². The molecule has 4 rings (SSSR count). The first-order valence-electron chi connectivity index (χ1n) is 10.3. The molecule has 1 aliphatic heterocycles. The largest absolute Gasteiger partial charge is 0.455 e. The fourth-order valence-corrected chi connectivity index (χ4v) is 4.38. The van der Waals surface area contributed by atoms with Crippen molar-refractivity contribution in [3.05, 3.63) is 54.1 Å². The fraction of sp³-hybridized carbons (Fsp3) is 0.455. The molecule has 0 radical (unpaired) electrons. The van der Waals surface area contributed by atoms with Crippen molar-refractivity contribution in [2.45, 2.75) is 31.1 Å². The van der Waals surface area contributed by atoms with Crippen LogP contribution in [0.1, 0.15) is 31.2 Å². The van der Waals surface area contributed by atoms with Crippen molar-refractivity contribution >= 4 is 17.8 Å². The van der Waals surface area contributed by atoms with E-state index >= 15 is 0 Å². The molecule has 0 unspecified atom stereocenters. The van der Waals surface area contributed by atoms with Gasteiger partial charge in [-0.15, -0.1) is 0 Å². The molecule has 8 heteroatoms. The van der Waals surface area contributed by atoms with Gasteiger partial charge in [-0.05, 0) is 25.0 Å². The van der Waals surface area contributed by atoms with Gasteiger partial charge in [-0.25, -0.2) is 14.4 Å². The molecular weight excluding hydrogens is 387 g/mol. The minimum Gasteiger partial charge on any atom is -0.455 e. The van der Waals surface area contributed by atoms with E-state index in [-0.39, 0.29) is 12.5 Å². The van der Waals surface area contributed by atoms with Crippen LogP contribution in [0.25, 0.3) is 0 Å². The number of aromatic nitrogens is 2. The third-order valence-electron chi connectivity index (χ3n) is 6.03. The first-order chi connectivity index (χ1) is 14.6. The summed E-state index contributed by atoms with van der Waals surface area (Å²) in [7, 11) is 0. The number of hydrogen-bond acceptors (Lipinski definition) is 6. The second-order valence-electron chi connectivity index (χ2n) is 7.76. The first-order valence-corrected chi connectivity index (χ1v) is 10.3. The molecule has 30 heavy (non-hydrogen) atoms. The van der Waals surface area contributed by atoms with Crippen LogP contribution in [0.4, 0.5) is 10.3 Å². The lowest BCUT2D eigenvalue weighted by atomic mass is 9.78. The lowest BCUT2D eigenvalue weighted by molar-refractivity contribution is -0.157. The van der Waals surface area contributed by atoms with Gasteiger partial charge in [0.25, 0.3) is 5.91 Å². The maximum atomic E-state index is 14.4. The average Bonchev–Trinajstić information content (AvgIpc) is 3.29. The van der Waals surface area contributed by atoms with Crippen LogP contribution in [0.2, 0.25) is 0 Å². The molecule has 0 atom stereocenters. The van der Waals surface area contributed by atoms with E-state index in [9.17, 15) is 14.0 Å². The topological polar surface area (TPSA) is 75.6 Å². The molecule has 0 bridgehead atoms. The first kappa shape index (κ1) is 20.3. The molecule has 2 fully saturated rings. The Kier molecular flexibility index (Phi) is 5.92. The summed E-state index contributed by atoms with van der Waals surface area (Å²) in [5, 5.41) is 0. The van der Waals surface area contributed by atoms with Crippen molar-refractivity contribution in [1.82, 2.24) is 14.9 Å². The van der Waals surface area contributed by atoms with E-state index in [0.717, 1.165) is 12.8 Å². The maximum absolute atomic E-state index is 14.4. The predicted octanol–water partition coefficient (Wildman–Crippen LogP) is 2.32. The summed E-state index contributed by atoms with van der Waals surface area (Å²) in [6, 6.07) is 8.11. The van der Waals surface area contributed by atoms with Crippen LogP contribution >= 0.6 is 0 Å². The van der Waals surface area contributed by atoms with Crippen LogP contribution in [-0.4, -0.2) is 59.5 Å². The summed E-state index contributed by atoms with van der Waals surface area (Å²) >= 11 is 0. The highest BCUT2D eigenvalue weighted by atomic mass is 19.1. The number of carbonyl (C=O) groups is 2. The second kappa shape index (κ2) is 8.77. The molecule has 2 aliphatic rings. The van der Waals surface area contributed by atoms with Gasteiger partial charge in [-0.2, -0.15) is 0 Å².